The van der Waals surface area contributed by atoms with Crippen LogP contribution in [0.1, 0.15) is 27.3 Å². The lowest BCUT2D eigenvalue weighted by Gasteiger charge is -2.10. The Morgan fingerprint density at radius 1 is 1.06 bits per heavy atom. The second-order valence-corrected chi connectivity index (χ2v) is 6.98. The number of amides is 1. The van der Waals surface area contributed by atoms with Crippen LogP contribution in [0.15, 0.2) is 66.9 Å². The lowest BCUT2D eigenvalue weighted by atomic mass is 10.1. The molecule has 9 heteroatoms. The van der Waals surface area contributed by atoms with Crippen molar-refractivity contribution in [1.29, 1.82) is 0 Å². The molecule has 1 aliphatic heterocycles. The van der Waals surface area contributed by atoms with Crippen molar-refractivity contribution in [2.45, 2.75) is 12.6 Å². The van der Waals surface area contributed by atoms with Gasteiger partial charge in [0.2, 0.25) is 0 Å². The quantitative estimate of drug-likeness (QED) is 0.496. The molecule has 0 saturated carbocycles. The Kier molecular flexibility index (Phi) is 7.45. The van der Waals surface area contributed by atoms with E-state index >= 15 is 0 Å². The molecule has 1 aromatic carbocycles. The van der Waals surface area contributed by atoms with Gasteiger partial charge in [0, 0.05) is 36.1 Å². The summed E-state index contributed by atoms with van der Waals surface area (Å²) >= 11 is 0. The molecule has 0 atom stereocenters. The molecule has 2 aromatic heterocycles. The number of pyridine rings is 1. The molecule has 33 heavy (non-hydrogen) atoms. The number of carbonyl (C=O) groups is 2. The number of aliphatic carboxylic acids is 1. The largest absolute Gasteiger partial charge is 0.490 e. The van der Waals surface area contributed by atoms with Crippen molar-refractivity contribution >= 4 is 24.0 Å². The highest BCUT2D eigenvalue weighted by Crippen LogP contribution is 2.24. The number of allylic oxidation sites excluding steroid dienone is 2. The van der Waals surface area contributed by atoms with E-state index in [1.807, 2.05) is 54.6 Å². The van der Waals surface area contributed by atoms with Crippen LogP contribution in [0.4, 0.5) is 13.2 Å². The number of aromatic amines is 1. The Morgan fingerprint density at radius 3 is 2.42 bits per heavy atom. The number of fused-ring (bicyclic) bond motifs is 1. The van der Waals surface area contributed by atoms with E-state index in [0.717, 1.165) is 40.2 Å². The second kappa shape index (κ2) is 10.4. The fourth-order valence-corrected chi connectivity index (χ4v) is 3.04. The van der Waals surface area contributed by atoms with Gasteiger partial charge in [0.25, 0.3) is 5.91 Å². The van der Waals surface area contributed by atoms with Gasteiger partial charge in [-0.3, -0.25) is 9.78 Å². The molecule has 0 bridgehead atoms. The van der Waals surface area contributed by atoms with Crippen LogP contribution < -0.4 is 5.32 Å². The van der Waals surface area contributed by atoms with Crippen LogP contribution >= 0.6 is 0 Å². The molecule has 3 aromatic rings. The lowest BCUT2D eigenvalue weighted by Crippen LogP contribution is -2.31. The van der Waals surface area contributed by atoms with E-state index in [-0.39, 0.29) is 5.91 Å². The van der Waals surface area contributed by atoms with E-state index in [1.54, 1.807) is 6.20 Å². The van der Waals surface area contributed by atoms with Crippen molar-refractivity contribution in [3.8, 4) is 11.3 Å². The summed E-state index contributed by atoms with van der Waals surface area (Å²) in [6, 6.07) is 16.1. The monoisotopic (exact) mass is 455 g/mol. The van der Waals surface area contributed by atoms with Gasteiger partial charge in [-0.2, -0.15) is 13.2 Å². The molecule has 0 unspecified atom stereocenters. The van der Waals surface area contributed by atoms with Crippen LogP contribution in [0, 0.1) is 0 Å². The third-order valence-electron chi connectivity index (χ3n) is 4.61. The molecule has 0 aliphatic carbocycles. The van der Waals surface area contributed by atoms with Crippen LogP contribution in [0.5, 0.6) is 0 Å². The average molecular weight is 455 g/mol. The number of aromatic nitrogens is 2. The van der Waals surface area contributed by atoms with Crippen LogP contribution in [-0.4, -0.2) is 39.7 Å². The summed E-state index contributed by atoms with van der Waals surface area (Å²) in [5, 5.41) is 10.00. The van der Waals surface area contributed by atoms with Gasteiger partial charge in [-0.1, -0.05) is 48.6 Å². The minimum absolute atomic E-state index is 0.00558. The minimum atomic E-state index is -5.08. The maximum absolute atomic E-state index is 11.9. The third-order valence-corrected chi connectivity index (χ3v) is 4.61. The average Bonchev–Trinajstić information content (AvgIpc) is 3.23. The molecule has 0 saturated heterocycles. The predicted molar refractivity (Wildman–Crippen MR) is 118 cm³/mol. The molecule has 0 spiro atoms. The number of nitrogens with one attached hydrogen (secondary N) is 2. The zero-order chi connectivity index (χ0) is 23.8. The first kappa shape index (κ1) is 23.5. The molecule has 3 N–H and O–H groups in total. The van der Waals surface area contributed by atoms with E-state index in [9.17, 15) is 18.0 Å². The van der Waals surface area contributed by atoms with Crippen molar-refractivity contribution in [3.63, 3.8) is 0 Å². The zero-order valence-electron chi connectivity index (χ0n) is 17.3. The van der Waals surface area contributed by atoms with Crippen molar-refractivity contribution < 1.29 is 27.9 Å². The number of H-pyrrole nitrogens is 1. The number of carbonyl (C=O) groups excluding carboxylic acids is 1. The first-order chi connectivity index (χ1) is 15.7. The summed E-state index contributed by atoms with van der Waals surface area (Å²) in [6.07, 6.45) is 5.54. The van der Waals surface area contributed by atoms with Gasteiger partial charge >= 0.3 is 12.1 Å². The molecule has 3 heterocycles. The summed E-state index contributed by atoms with van der Waals surface area (Å²) < 4.78 is 31.7. The van der Waals surface area contributed by atoms with Gasteiger partial charge in [0.1, 0.15) is 0 Å². The Hall–Kier alpha value is -4.14. The van der Waals surface area contributed by atoms with E-state index < -0.39 is 12.1 Å². The first-order valence-corrected chi connectivity index (χ1v) is 9.90. The Morgan fingerprint density at radius 2 is 1.76 bits per heavy atom. The van der Waals surface area contributed by atoms with Crippen molar-refractivity contribution in [2.75, 3.05) is 6.54 Å². The fraction of sp³-hybridized carbons (Fsp3) is 0.125. The highest BCUT2D eigenvalue weighted by Gasteiger charge is 2.38. The third kappa shape index (κ3) is 6.67. The number of alkyl halides is 3. The summed E-state index contributed by atoms with van der Waals surface area (Å²) in [4.78, 5) is 28.6. The number of nitrogens with zero attached hydrogens (tertiary/aromatic N) is 1. The number of carboxylic acids is 1. The van der Waals surface area contributed by atoms with Crippen molar-refractivity contribution in [2.24, 2.45) is 0 Å². The fourth-order valence-electron chi connectivity index (χ4n) is 3.04. The number of hydrogen-bond acceptors (Lipinski definition) is 3. The van der Waals surface area contributed by atoms with E-state index in [2.05, 4.69) is 33.5 Å². The predicted octanol–water partition coefficient (Wildman–Crippen LogP) is 4.72. The summed E-state index contributed by atoms with van der Waals surface area (Å²) in [6.45, 7) is 0.684. The number of hydrogen-bond donors (Lipinski definition) is 3. The van der Waals surface area contributed by atoms with Crippen LogP contribution in [0.25, 0.3) is 23.4 Å². The summed E-state index contributed by atoms with van der Waals surface area (Å²) in [5.74, 6) is -2.76. The molecule has 0 radical (unpaired) electrons. The molecule has 4 rings (SSSR count). The summed E-state index contributed by atoms with van der Waals surface area (Å²) in [5.41, 5.74) is 5.75. The number of halogens is 3. The van der Waals surface area contributed by atoms with Gasteiger partial charge in [-0.15, -0.1) is 0 Å². The standard InChI is InChI=1S/C22H19N3O.C2HF3O2/c26-22-19-15-21(25-20(19)11-13-24-22)17-10-12-23-18(14-17)9-5-4-8-16-6-2-1-3-7-16;3-2(4,5)1(6)7/h1-10,12,14-15,25H,11,13H2,(H,24,26);(H,6,7)/b8-4+,9-5-;. The van der Waals surface area contributed by atoms with Crippen LogP contribution in [-0.2, 0) is 11.2 Å². The number of carboxylic acid groups (broad SMARTS) is 1. The van der Waals surface area contributed by atoms with E-state index in [0.29, 0.717) is 6.54 Å². The minimum Gasteiger partial charge on any atom is -0.475 e. The van der Waals surface area contributed by atoms with E-state index in [1.165, 1.54) is 0 Å². The van der Waals surface area contributed by atoms with E-state index in [4.69, 9.17) is 9.90 Å². The summed E-state index contributed by atoms with van der Waals surface area (Å²) in [7, 11) is 0. The molecule has 0 fully saturated rings. The molecular weight excluding hydrogens is 435 g/mol. The van der Waals surface area contributed by atoms with Gasteiger partial charge < -0.3 is 15.4 Å². The molecule has 1 aliphatic rings. The maximum Gasteiger partial charge on any atom is 0.490 e. The Bertz CT molecular complexity index is 1180. The van der Waals surface area contributed by atoms with Crippen molar-refractivity contribution in [3.05, 3.63) is 89.4 Å². The normalized spacial score (nSPS) is 13.4. The van der Waals surface area contributed by atoms with Gasteiger partial charge in [-0.25, -0.2) is 4.79 Å². The smallest absolute Gasteiger partial charge is 0.475 e. The molecule has 170 valence electrons. The first-order valence-electron chi connectivity index (χ1n) is 9.90. The maximum atomic E-state index is 11.9. The number of benzene rings is 1. The Labute approximate surface area is 187 Å². The highest BCUT2D eigenvalue weighted by atomic mass is 19.4. The van der Waals surface area contributed by atoms with Crippen molar-refractivity contribution in [1.82, 2.24) is 15.3 Å². The highest BCUT2D eigenvalue weighted by molar-refractivity contribution is 5.97. The SMILES string of the molecule is O=C(O)C(F)(F)F.O=C1NCCc2[nH]c(-c3ccnc(/C=C\C=C\c4ccccc4)c3)cc21. The molecular formula is C24H20F3N3O3. The van der Waals surface area contributed by atoms with Crippen LogP contribution in [0.2, 0.25) is 0 Å². The van der Waals surface area contributed by atoms with Crippen LogP contribution in [0.3, 0.4) is 0 Å². The van der Waals surface area contributed by atoms with Gasteiger partial charge in [-0.05, 0) is 29.8 Å². The topological polar surface area (TPSA) is 95.1 Å². The van der Waals surface area contributed by atoms with Gasteiger partial charge in [0.05, 0.1) is 11.3 Å². The van der Waals surface area contributed by atoms with Gasteiger partial charge in [0.15, 0.2) is 0 Å². The number of rotatable bonds is 4. The molecule has 1 amide bonds. The zero-order valence-corrected chi connectivity index (χ0v) is 17.3. The lowest BCUT2D eigenvalue weighted by molar-refractivity contribution is -0.192. The second-order valence-electron chi connectivity index (χ2n) is 6.98. The molecule has 6 nitrogen and oxygen atoms in total. The Balaban J connectivity index is 0.000000383.